The second-order valence-electron chi connectivity index (χ2n) is 9.07. The lowest BCUT2D eigenvalue weighted by Crippen LogP contribution is -2.58. The van der Waals surface area contributed by atoms with Crippen molar-refractivity contribution >= 4 is 45.3 Å². The van der Waals surface area contributed by atoms with E-state index < -0.39 is 54.0 Å². The summed E-state index contributed by atoms with van der Waals surface area (Å²) in [4.78, 5) is 51.9. The number of allylic oxidation sites excluding steroid dienone is 1. The maximum absolute atomic E-state index is 13.3. The van der Waals surface area contributed by atoms with E-state index in [9.17, 15) is 24.3 Å². The number of amides is 3. The van der Waals surface area contributed by atoms with Crippen molar-refractivity contribution in [1.82, 2.24) is 16.0 Å². The summed E-state index contributed by atoms with van der Waals surface area (Å²) in [6, 6.07) is -2.35. The van der Waals surface area contributed by atoms with Crippen molar-refractivity contribution in [2.75, 3.05) is 11.5 Å². The van der Waals surface area contributed by atoms with Gasteiger partial charge in [-0.1, -0.05) is 67.7 Å². The monoisotopic (exact) mass is 529 g/mol. The lowest BCUT2D eigenvalue weighted by molar-refractivity contribution is -0.151. The number of fused-ring (bicyclic) bond motifs is 7. The molecule has 1 saturated heterocycles. The molecule has 2 bridgehead atoms. The number of hydrogen-bond donors (Lipinski definition) is 4. The fraction of sp³-hybridized carbons (Fsp3) is 0.750. The van der Waals surface area contributed by atoms with Gasteiger partial charge >= 0.3 is 5.97 Å². The normalized spacial score (nSPS) is 31.5. The third-order valence-electron chi connectivity index (χ3n) is 6.19. The highest BCUT2D eigenvalue weighted by atomic mass is 33.1. The molecule has 2 heterocycles. The first kappa shape index (κ1) is 29.5. The van der Waals surface area contributed by atoms with Crippen LogP contribution in [0.2, 0.25) is 0 Å². The summed E-state index contributed by atoms with van der Waals surface area (Å²) >= 11 is 0. The van der Waals surface area contributed by atoms with E-state index in [1.165, 1.54) is 10.8 Å². The first-order valence-electron chi connectivity index (χ1n) is 12.4. The summed E-state index contributed by atoms with van der Waals surface area (Å²) < 4.78 is 5.54. The Bertz CT molecular complexity index is 766. The molecule has 0 aromatic carbocycles. The van der Waals surface area contributed by atoms with Crippen LogP contribution >= 0.6 is 21.6 Å². The minimum absolute atomic E-state index is 0.120. The Balaban J connectivity index is 2.46. The molecule has 0 aliphatic carbocycles. The van der Waals surface area contributed by atoms with Gasteiger partial charge in [-0.3, -0.25) is 19.2 Å². The van der Waals surface area contributed by atoms with Gasteiger partial charge < -0.3 is 25.8 Å². The highest BCUT2D eigenvalue weighted by Crippen LogP contribution is 2.24. The molecule has 2 aliphatic rings. The lowest BCUT2D eigenvalue weighted by Gasteiger charge is -2.31. The zero-order valence-electron chi connectivity index (χ0n) is 20.8. The van der Waals surface area contributed by atoms with E-state index in [0.29, 0.717) is 25.0 Å². The Hall–Kier alpha value is -1.72. The molecule has 1 fully saturated rings. The SMILES string of the molecule is CCCC[C@H]1NC(=O)C[C@H]2/C=C\CCSSC[C@@H](NC1=O)C(=O)N[C@H]([C@H](C)CC)[C@@H](O)CC(=O)O2. The second kappa shape index (κ2) is 15.4. The summed E-state index contributed by atoms with van der Waals surface area (Å²) in [5, 5.41) is 19.3. The number of ether oxygens (including phenoxy) is 1. The second-order valence-corrected chi connectivity index (χ2v) is 11.7. The highest BCUT2D eigenvalue weighted by molar-refractivity contribution is 8.76. The molecule has 198 valence electrons. The summed E-state index contributed by atoms with van der Waals surface area (Å²) in [5.74, 6) is -0.959. The Kier molecular flexibility index (Phi) is 13.0. The highest BCUT2D eigenvalue weighted by Gasteiger charge is 2.34. The van der Waals surface area contributed by atoms with Crippen LogP contribution in [0.5, 0.6) is 0 Å². The topological polar surface area (TPSA) is 134 Å². The van der Waals surface area contributed by atoms with Crippen LogP contribution in [-0.2, 0) is 23.9 Å². The maximum Gasteiger partial charge on any atom is 0.309 e. The van der Waals surface area contributed by atoms with Gasteiger partial charge in [0.2, 0.25) is 17.7 Å². The molecule has 0 aromatic heterocycles. The van der Waals surface area contributed by atoms with Crippen molar-refractivity contribution in [3.8, 4) is 0 Å². The van der Waals surface area contributed by atoms with Gasteiger partial charge in [-0.05, 0) is 24.8 Å². The predicted octanol–water partition coefficient (Wildman–Crippen LogP) is 2.08. The minimum atomic E-state index is -1.17. The van der Waals surface area contributed by atoms with Crippen LogP contribution in [0.1, 0.15) is 65.7 Å². The summed E-state index contributed by atoms with van der Waals surface area (Å²) in [5.41, 5.74) is 0. The van der Waals surface area contributed by atoms with Crippen LogP contribution in [0.15, 0.2) is 12.2 Å². The molecular weight excluding hydrogens is 490 g/mol. The molecular formula is C24H39N3O6S2. The molecule has 35 heavy (non-hydrogen) atoms. The molecule has 0 unspecified atom stereocenters. The molecule has 4 N–H and O–H groups in total. The fourth-order valence-electron chi connectivity index (χ4n) is 3.91. The molecule has 0 aromatic rings. The van der Waals surface area contributed by atoms with Gasteiger partial charge in [0.15, 0.2) is 0 Å². The third kappa shape index (κ3) is 10.0. The van der Waals surface area contributed by atoms with Crippen molar-refractivity contribution in [2.24, 2.45) is 5.92 Å². The number of carbonyl (C=O) groups excluding carboxylic acids is 4. The van der Waals surface area contributed by atoms with E-state index in [1.807, 2.05) is 26.8 Å². The van der Waals surface area contributed by atoms with Crippen LogP contribution in [0, 0.1) is 5.92 Å². The van der Waals surface area contributed by atoms with Crippen molar-refractivity contribution in [1.29, 1.82) is 0 Å². The number of rotatable bonds is 5. The van der Waals surface area contributed by atoms with Crippen molar-refractivity contribution in [3.63, 3.8) is 0 Å². The van der Waals surface area contributed by atoms with E-state index in [0.717, 1.165) is 18.6 Å². The number of unbranched alkanes of at least 4 members (excludes halogenated alkanes) is 1. The molecule has 2 aliphatic heterocycles. The van der Waals surface area contributed by atoms with E-state index in [-0.39, 0.29) is 18.8 Å². The number of aliphatic hydroxyl groups is 1. The minimum Gasteiger partial charge on any atom is -0.457 e. The van der Waals surface area contributed by atoms with Gasteiger partial charge in [-0.2, -0.15) is 0 Å². The van der Waals surface area contributed by atoms with E-state index >= 15 is 0 Å². The lowest BCUT2D eigenvalue weighted by atomic mass is 9.92. The average Bonchev–Trinajstić information content (AvgIpc) is 2.81. The number of aliphatic hydroxyl groups excluding tert-OH is 1. The largest absolute Gasteiger partial charge is 0.457 e. The maximum atomic E-state index is 13.3. The Labute approximate surface area is 215 Å². The molecule has 6 atom stereocenters. The fourth-order valence-corrected chi connectivity index (χ4v) is 6.06. The van der Waals surface area contributed by atoms with Crippen LogP contribution in [0.4, 0.5) is 0 Å². The molecule has 9 nitrogen and oxygen atoms in total. The summed E-state index contributed by atoms with van der Waals surface area (Å²) in [7, 11) is 3.06. The van der Waals surface area contributed by atoms with Gasteiger partial charge in [0, 0.05) is 11.5 Å². The smallest absolute Gasteiger partial charge is 0.309 e. The van der Waals surface area contributed by atoms with Crippen LogP contribution < -0.4 is 16.0 Å². The van der Waals surface area contributed by atoms with E-state index in [4.69, 9.17) is 4.74 Å². The molecule has 2 rings (SSSR count). The molecule has 0 spiro atoms. The Morgan fingerprint density at radius 3 is 2.57 bits per heavy atom. The zero-order chi connectivity index (χ0) is 25.8. The number of hydrogen-bond acceptors (Lipinski definition) is 8. The summed E-state index contributed by atoms with van der Waals surface area (Å²) in [6.45, 7) is 5.82. The molecule has 11 heteroatoms. The summed E-state index contributed by atoms with van der Waals surface area (Å²) in [6.07, 6.45) is 4.47. The van der Waals surface area contributed by atoms with Crippen LogP contribution in [-0.4, -0.2) is 70.6 Å². The van der Waals surface area contributed by atoms with Crippen molar-refractivity contribution < 1.29 is 29.0 Å². The average molecular weight is 530 g/mol. The van der Waals surface area contributed by atoms with E-state index in [1.54, 1.807) is 16.9 Å². The predicted molar refractivity (Wildman–Crippen MR) is 139 cm³/mol. The zero-order valence-corrected chi connectivity index (χ0v) is 22.4. The number of nitrogens with one attached hydrogen (secondary N) is 3. The molecule has 0 radical (unpaired) electrons. The molecule has 3 amide bonds. The van der Waals surface area contributed by atoms with Crippen molar-refractivity contribution in [2.45, 2.75) is 96.1 Å². The van der Waals surface area contributed by atoms with Crippen molar-refractivity contribution in [3.05, 3.63) is 12.2 Å². The number of esters is 1. The third-order valence-corrected chi connectivity index (χ3v) is 8.64. The number of carbonyl (C=O) groups is 4. The van der Waals surface area contributed by atoms with Crippen LogP contribution in [0.3, 0.4) is 0 Å². The Morgan fingerprint density at radius 1 is 1.09 bits per heavy atom. The Morgan fingerprint density at radius 2 is 1.86 bits per heavy atom. The van der Waals surface area contributed by atoms with Gasteiger partial charge in [0.25, 0.3) is 0 Å². The first-order chi connectivity index (χ1) is 16.7. The first-order valence-corrected chi connectivity index (χ1v) is 14.9. The molecule has 0 saturated carbocycles. The van der Waals surface area contributed by atoms with Crippen LogP contribution in [0.25, 0.3) is 0 Å². The van der Waals surface area contributed by atoms with Gasteiger partial charge in [-0.25, -0.2) is 0 Å². The quantitative estimate of drug-likeness (QED) is 0.242. The van der Waals surface area contributed by atoms with Gasteiger partial charge in [-0.15, -0.1) is 0 Å². The van der Waals surface area contributed by atoms with E-state index in [2.05, 4.69) is 16.0 Å². The van der Waals surface area contributed by atoms with Gasteiger partial charge in [0.05, 0.1) is 25.0 Å². The standard InChI is InChI=1S/C24H39N3O6S2/c1-4-6-10-17-23(31)26-18-14-35-34-11-8-7-9-16(12-20(29)25-17)33-21(30)13-19(28)22(15(3)5-2)27-24(18)32/h7,9,15-19,22,28H,4-6,8,10-14H2,1-3H3,(H,25,29)(H,26,31)(H,27,32)/b9-7-/t15-,16-,17-,18-,19+,22-/m1/s1. The van der Waals surface area contributed by atoms with Gasteiger partial charge in [0.1, 0.15) is 18.2 Å².